The Balaban J connectivity index is 0.000000249. The van der Waals surface area contributed by atoms with Crippen molar-refractivity contribution >= 4 is 36.1 Å². The normalized spacial score (nSPS) is 11.9. The number of hydrogen-bond donors (Lipinski definition) is 0. The van der Waals surface area contributed by atoms with Crippen molar-refractivity contribution in [3.05, 3.63) is 201 Å². The molecule has 0 radical (unpaired) electrons. The maximum atomic E-state index is 3.88. The summed E-state index contributed by atoms with van der Waals surface area (Å²) >= 11 is 7.88. The fourth-order valence-electron chi connectivity index (χ4n) is 6.18. The van der Waals surface area contributed by atoms with Crippen LogP contribution in [-0.4, -0.2) is 4.21 Å². The number of halogens is 2. The fraction of sp³-hybridized carbons (Fsp3) is 0.196. The minimum absolute atomic E-state index is 0.0380. The van der Waals surface area contributed by atoms with E-state index in [-0.39, 0.29) is 10.8 Å². The van der Waals surface area contributed by atoms with Gasteiger partial charge in [-0.2, -0.15) is 66.7 Å². The second-order valence-corrected chi connectivity index (χ2v) is 16.7. The average Bonchev–Trinajstić information content (AvgIpc) is 3.88. The molecular formula is C51H48Br2Zr-4. The quantitative estimate of drug-likeness (QED) is 0.152. The van der Waals surface area contributed by atoms with Gasteiger partial charge < -0.3 is 0 Å². The molecule has 6 aromatic rings. The molecule has 2 aliphatic rings. The van der Waals surface area contributed by atoms with Crippen molar-refractivity contribution in [3.8, 4) is 33.4 Å². The summed E-state index contributed by atoms with van der Waals surface area (Å²) in [4.78, 5) is 0. The van der Waals surface area contributed by atoms with E-state index in [0.29, 0.717) is 0 Å². The Morgan fingerprint density at radius 3 is 1.50 bits per heavy atom. The Kier molecular flexibility index (Phi) is 16.8. The first kappa shape index (κ1) is 43.2. The van der Waals surface area contributed by atoms with Crippen LogP contribution in [0.5, 0.6) is 0 Å². The van der Waals surface area contributed by atoms with Crippen LogP contribution in [0.25, 0.3) is 33.4 Å². The van der Waals surface area contributed by atoms with Crippen LogP contribution in [0, 0.1) is 24.3 Å². The van der Waals surface area contributed by atoms with Gasteiger partial charge in [0, 0.05) is 0 Å². The van der Waals surface area contributed by atoms with Crippen LogP contribution < -0.4 is 0 Å². The zero-order valence-electron chi connectivity index (χ0n) is 32.2. The molecule has 0 amide bonds. The van der Waals surface area contributed by atoms with E-state index in [2.05, 4.69) is 187 Å². The summed E-state index contributed by atoms with van der Waals surface area (Å²) in [6, 6.07) is 53.9. The third-order valence-corrected chi connectivity index (χ3v) is 9.82. The van der Waals surface area contributed by atoms with Crippen molar-refractivity contribution in [2.24, 2.45) is 0 Å². The average molecular weight is 912 g/mol. The summed E-state index contributed by atoms with van der Waals surface area (Å²) < 4.78 is 5.55. The summed E-state index contributed by atoms with van der Waals surface area (Å²) in [7, 11) is 0. The molecule has 8 rings (SSSR count). The number of hydrogen-bond acceptors (Lipinski definition) is 0. The van der Waals surface area contributed by atoms with Crippen LogP contribution in [0.15, 0.2) is 155 Å². The molecule has 0 fully saturated rings. The summed E-state index contributed by atoms with van der Waals surface area (Å²) in [6.45, 7) is 13.9. The Bertz CT molecular complexity index is 1950. The van der Waals surface area contributed by atoms with Crippen molar-refractivity contribution in [1.29, 1.82) is 0 Å². The maximum absolute atomic E-state index is 3.88. The van der Waals surface area contributed by atoms with Gasteiger partial charge in [-0.3, -0.25) is 6.08 Å². The Morgan fingerprint density at radius 1 is 0.593 bits per heavy atom. The molecule has 0 saturated heterocycles. The minimum atomic E-state index is 0.0380. The van der Waals surface area contributed by atoms with E-state index in [4.69, 9.17) is 0 Å². The predicted octanol–water partition coefficient (Wildman–Crippen LogP) is 14.8. The molecule has 0 nitrogen and oxygen atoms in total. The van der Waals surface area contributed by atoms with Gasteiger partial charge in [0.25, 0.3) is 0 Å². The van der Waals surface area contributed by atoms with Gasteiger partial charge >= 0.3 is 28.4 Å². The zero-order valence-corrected chi connectivity index (χ0v) is 37.9. The molecule has 0 atom stereocenters. The monoisotopic (exact) mass is 908 g/mol. The van der Waals surface area contributed by atoms with Gasteiger partial charge in [-0.15, -0.1) is 35.2 Å². The van der Waals surface area contributed by atoms with E-state index in [1.165, 1.54) is 79.9 Å². The first-order chi connectivity index (χ1) is 25.9. The van der Waals surface area contributed by atoms with E-state index in [1.54, 1.807) is 0 Å². The van der Waals surface area contributed by atoms with Gasteiger partial charge in [-0.1, -0.05) is 172 Å². The zero-order chi connectivity index (χ0) is 39.1. The predicted molar refractivity (Wildman–Crippen MR) is 236 cm³/mol. The molecule has 0 unspecified atom stereocenters. The second kappa shape index (κ2) is 21.0. The Labute approximate surface area is 357 Å². The SMILES string of the molecule is Brc1cc[c-]cc1.Brc1cc[c-]cc1.CC(C)(C)c1cc2c([c-]c1-c1ccccc1)Cc1cc(-c3ccccc3)c(C(C)(C)C)cc1-2.[C-]1=CC=CC1.[CH2]=[Zr]. The number of allylic oxidation sites excluding steroid dienone is 4. The molecule has 0 saturated carbocycles. The van der Waals surface area contributed by atoms with Crippen LogP contribution in [-0.2, 0) is 41.5 Å². The van der Waals surface area contributed by atoms with E-state index < -0.39 is 0 Å². The van der Waals surface area contributed by atoms with Gasteiger partial charge in [0.1, 0.15) is 0 Å². The molecule has 0 N–H and O–H groups in total. The third kappa shape index (κ3) is 12.5. The summed E-state index contributed by atoms with van der Waals surface area (Å²) in [5.41, 5.74) is 13.5. The Morgan fingerprint density at radius 2 is 1.09 bits per heavy atom. The molecule has 3 heteroatoms. The molecule has 54 heavy (non-hydrogen) atoms. The summed E-state index contributed by atoms with van der Waals surface area (Å²) in [5.74, 6) is 0. The summed E-state index contributed by atoms with van der Waals surface area (Å²) in [5, 5.41) is 0. The number of fused-ring (bicyclic) bond motifs is 3. The van der Waals surface area contributed by atoms with Crippen LogP contribution in [0.1, 0.15) is 70.2 Å². The van der Waals surface area contributed by atoms with E-state index in [1.807, 2.05) is 60.7 Å². The van der Waals surface area contributed by atoms with Crippen molar-refractivity contribution in [3.63, 3.8) is 0 Å². The first-order valence-electron chi connectivity index (χ1n) is 18.1. The standard InChI is InChI=1S/C33H33.2C6H4Br.C5H5.CH2.Zr/c1-32(2,3)30-20-26-24(18-28(30)22-13-9-7-10-14-22)17-25-19-29(23-15-11-8-12-16-23)31(21-27(25)26)33(4,5)6;2*7-6-4-2-1-3-5-6;1-2-4-5-3-1;;/h7-16,18,20-21H,17H2,1-6H3;2*2-5H;1-3H,4H2;1H2;/q4*-1;;. The molecule has 0 aromatic heterocycles. The van der Waals surface area contributed by atoms with Crippen LogP contribution in [0.2, 0.25) is 0 Å². The van der Waals surface area contributed by atoms with Crippen molar-refractivity contribution in [1.82, 2.24) is 0 Å². The van der Waals surface area contributed by atoms with E-state index >= 15 is 0 Å². The topological polar surface area (TPSA) is 0 Å². The van der Waals surface area contributed by atoms with Crippen molar-refractivity contribution in [2.45, 2.75) is 65.2 Å². The van der Waals surface area contributed by atoms with Crippen molar-refractivity contribution in [2.75, 3.05) is 0 Å². The van der Waals surface area contributed by atoms with Gasteiger partial charge in [0.05, 0.1) is 0 Å². The van der Waals surface area contributed by atoms with Gasteiger partial charge in [0.15, 0.2) is 0 Å². The van der Waals surface area contributed by atoms with E-state index in [9.17, 15) is 0 Å². The second-order valence-electron chi connectivity index (χ2n) is 14.9. The Hall–Kier alpha value is -3.49. The molecule has 0 aliphatic heterocycles. The first-order valence-corrected chi connectivity index (χ1v) is 21.4. The van der Waals surface area contributed by atoms with Gasteiger partial charge in [-0.05, 0) is 39.5 Å². The van der Waals surface area contributed by atoms with Crippen molar-refractivity contribution < 1.29 is 24.2 Å². The van der Waals surface area contributed by atoms with Gasteiger partial charge in [0.2, 0.25) is 0 Å². The van der Waals surface area contributed by atoms with E-state index in [0.717, 1.165) is 21.8 Å². The molecule has 0 spiro atoms. The molecule has 6 aromatic carbocycles. The van der Waals surface area contributed by atoms with Crippen LogP contribution in [0.3, 0.4) is 0 Å². The fourth-order valence-corrected chi connectivity index (χ4v) is 6.70. The van der Waals surface area contributed by atoms with Crippen LogP contribution in [0.4, 0.5) is 0 Å². The molecule has 0 heterocycles. The molecule has 274 valence electrons. The van der Waals surface area contributed by atoms with Gasteiger partial charge in [-0.25, -0.2) is 12.2 Å². The van der Waals surface area contributed by atoms with Crippen LogP contribution >= 0.6 is 31.9 Å². The molecule has 0 bridgehead atoms. The third-order valence-electron chi connectivity index (χ3n) is 8.76. The summed E-state index contributed by atoms with van der Waals surface area (Å²) in [6.07, 6.45) is 10.9. The molecule has 2 aliphatic carbocycles. The number of benzene rings is 6. The number of rotatable bonds is 2. The molecular weight excluding hydrogens is 864 g/mol.